The maximum absolute atomic E-state index is 7.72. The lowest BCUT2D eigenvalue weighted by atomic mass is 9.45. The number of furan rings is 3. The molecule has 10 aromatic rings. The predicted octanol–water partition coefficient (Wildman–Crippen LogP) is 16.9. The summed E-state index contributed by atoms with van der Waals surface area (Å²) in [5.41, 5.74) is 21.4. The smallest absolute Gasteiger partial charge is 0.376 e. The third-order valence-electron chi connectivity index (χ3n) is 17.7. The van der Waals surface area contributed by atoms with Gasteiger partial charge < -0.3 is 23.0 Å². The van der Waals surface area contributed by atoms with Crippen LogP contribution in [0.3, 0.4) is 0 Å². The second-order valence-corrected chi connectivity index (χ2v) is 25.0. The molecule has 0 radical (unpaired) electrons. The summed E-state index contributed by atoms with van der Waals surface area (Å²) in [6.07, 6.45) is 4.55. The Hall–Kier alpha value is -6.66. The lowest BCUT2D eigenvalue weighted by molar-refractivity contribution is 0.332. The Labute approximate surface area is 411 Å². The summed E-state index contributed by atoms with van der Waals surface area (Å²) < 4.78 is 21.7. The van der Waals surface area contributed by atoms with Crippen molar-refractivity contribution in [2.75, 3.05) is 9.71 Å². The largest absolute Gasteiger partial charge is 0.466 e. The zero-order valence-electron chi connectivity index (χ0n) is 42.6. The fourth-order valence-corrected chi connectivity index (χ4v) is 13.4. The van der Waals surface area contributed by atoms with E-state index in [9.17, 15) is 0 Å². The Kier molecular flexibility index (Phi) is 8.21. The summed E-state index contributed by atoms with van der Waals surface area (Å²) in [5.74, 6) is 0. The Morgan fingerprint density at radius 3 is 1.71 bits per heavy atom. The molecule has 70 heavy (non-hydrogen) atoms. The first kappa shape index (κ1) is 42.2. The fourth-order valence-electron chi connectivity index (χ4n) is 13.4. The molecule has 0 spiro atoms. The topological polar surface area (TPSA) is 45.9 Å². The van der Waals surface area contributed by atoms with Crippen LogP contribution in [0.15, 0.2) is 135 Å². The van der Waals surface area contributed by atoms with Gasteiger partial charge in [-0.1, -0.05) is 131 Å². The number of rotatable bonds is 2. The molecule has 0 saturated heterocycles. The van der Waals surface area contributed by atoms with E-state index in [4.69, 9.17) is 13.3 Å². The number of fused-ring (bicyclic) bond motifs is 15. The third-order valence-corrected chi connectivity index (χ3v) is 17.7. The maximum atomic E-state index is 7.72. The number of nitrogens with zero attached hydrogens (tertiary/aromatic N) is 2. The van der Waals surface area contributed by atoms with Gasteiger partial charge in [0.2, 0.25) is 0 Å². The van der Waals surface area contributed by atoms with E-state index < -0.39 is 0 Å². The van der Waals surface area contributed by atoms with Crippen LogP contribution < -0.4 is 20.8 Å². The summed E-state index contributed by atoms with van der Waals surface area (Å²) in [6.45, 7) is 26.0. The summed E-state index contributed by atoms with van der Waals surface area (Å²) in [4.78, 5) is 5.15. The van der Waals surface area contributed by atoms with Gasteiger partial charge >= 0.3 is 6.85 Å². The van der Waals surface area contributed by atoms with Crippen LogP contribution >= 0.6 is 0 Å². The first-order valence-electron chi connectivity index (χ1n) is 25.7. The Morgan fingerprint density at radius 2 is 1.04 bits per heavy atom. The standard InChI is InChI=1S/C64H61BN2O3/c1-60(2,3)36-20-22-37(23-21-36)67-49-35-54-41(39-16-12-14-18-51(39)68-54)31-43(49)55-56-50(33-42-40-17-13-15-19-52(40)69-58(42)55)66(38-24-25-45-46(30-38)62(6,7)27-26-61(45,4)5)57-44-32-47-48(34-53(44)70-59(57)65(56)67)64(10,11)29-28-63(47,8)9/h12-25,30-35H,26-29H2,1-11H3. The molecule has 14 rings (SSSR count). The minimum atomic E-state index is -0.359. The molecule has 0 atom stereocenters. The fraction of sp³-hybridized carbons (Fsp3) is 0.312. The number of hydrogen-bond acceptors (Lipinski definition) is 5. The highest BCUT2D eigenvalue weighted by Crippen LogP contribution is 2.56. The highest BCUT2D eigenvalue weighted by atomic mass is 16.3. The van der Waals surface area contributed by atoms with Gasteiger partial charge in [-0.25, -0.2) is 0 Å². The molecule has 4 aliphatic rings. The molecule has 6 heteroatoms. The van der Waals surface area contributed by atoms with E-state index in [2.05, 4.69) is 207 Å². The van der Waals surface area contributed by atoms with Gasteiger partial charge in [0.25, 0.3) is 0 Å². The lowest BCUT2D eigenvalue weighted by Crippen LogP contribution is -2.61. The van der Waals surface area contributed by atoms with Gasteiger partial charge in [0.1, 0.15) is 33.6 Å². The molecule has 0 amide bonds. The molecule has 0 unspecified atom stereocenters. The second kappa shape index (κ2) is 13.6. The molecule has 0 N–H and O–H groups in total. The molecular formula is C64H61BN2O3. The van der Waals surface area contributed by atoms with Crippen LogP contribution in [0.25, 0.3) is 66.0 Å². The molecule has 5 heterocycles. The minimum Gasteiger partial charge on any atom is -0.466 e. The van der Waals surface area contributed by atoms with E-state index >= 15 is 0 Å². The van der Waals surface area contributed by atoms with E-state index in [-0.39, 0.29) is 33.9 Å². The van der Waals surface area contributed by atoms with E-state index in [0.717, 1.165) is 126 Å². The molecule has 0 saturated carbocycles. The zero-order chi connectivity index (χ0) is 48.2. The summed E-state index contributed by atoms with van der Waals surface area (Å²) in [6, 6.07) is 45.7. The highest BCUT2D eigenvalue weighted by molar-refractivity contribution is 6.93. The average molecular weight is 917 g/mol. The number of benzene rings is 7. The highest BCUT2D eigenvalue weighted by Gasteiger charge is 2.51. The molecule has 3 aromatic heterocycles. The van der Waals surface area contributed by atoms with Crippen LogP contribution in [0.1, 0.15) is 130 Å². The molecular weight excluding hydrogens is 856 g/mol. The zero-order valence-corrected chi connectivity index (χ0v) is 42.6. The average Bonchev–Trinajstić information content (AvgIpc) is 4.02. The molecule has 2 aliphatic heterocycles. The monoisotopic (exact) mass is 916 g/mol. The van der Waals surface area contributed by atoms with Crippen molar-refractivity contribution in [3.63, 3.8) is 0 Å². The van der Waals surface area contributed by atoms with Crippen LogP contribution in [0.2, 0.25) is 0 Å². The third kappa shape index (κ3) is 5.68. The lowest BCUT2D eigenvalue weighted by Gasteiger charge is -2.45. The van der Waals surface area contributed by atoms with Gasteiger partial charge in [-0.2, -0.15) is 0 Å². The van der Waals surface area contributed by atoms with Crippen molar-refractivity contribution in [3.8, 4) is 11.1 Å². The summed E-state index contributed by atoms with van der Waals surface area (Å²) >= 11 is 0. The van der Waals surface area contributed by atoms with Gasteiger partial charge in [0.15, 0.2) is 0 Å². The molecule has 0 bridgehead atoms. The minimum absolute atomic E-state index is 0.000358. The molecule has 7 aromatic carbocycles. The van der Waals surface area contributed by atoms with Gasteiger partial charge in [-0.15, -0.1) is 0 Å². The quantitative estimate of drug-likeness (QED) is 0.162. The molecule has 5 nitrogen and oxygen atoms in total. The van der Waals surface area contributed by atoms with Crippen molar-refractivity contribution in [3.05, 3.63) is 149 Å². The van der Waals surface area contributed by atoms with Crippen LogP contribution in [0.5, 0.6) is 0 Å². The number of hydrogen-bond donors (Lipinski definition) is 0. The summed E-state index contributed by atoms with van der Waals surface area (Å²) in [7, 11) is 0. The normalized spacial score (nSPS) is 18.4. The van der Waals surface area contributed by atoms with Crippen LogP contribution in [-0.2, 0) is 27.1 Å². The van der Waals surface area contributed by atoms with Crippen molar-refractivity contribution < 1.29 is 13.3 Å². The first-order chi connectivity index (χ1) is 33.3. The van der Waals surface area contributed by atoms with Gasteiger partial charge in [0.05, 0.1) is 5.69 Å². The Balaban J connectivity index is 1.17. The molecule has 348 valence electrons. The number of para-hydroxylation sites is 2. The van der Waals surface area contributed by atoms with E-state index in [0.29, 0.717) is 0 Å². The maximum Gasteiger partial charge on any atom is 0.376 e. The predicted molar refractivity (Wildman–Crippen MR) is 294 cm³/mol. The van der Waals surface area contributed by atoms with Gasteiger partial charge in [0, 0.05) is 66.9 Å². The van der Waals surface area contributed by atoms with E-state index in [1.807, 2.05) is 0 Å². The van der Waals surface area contributed by atoms with Crippen molar-refractivity contribution in [1.29, 1.82) is 0 Å². The SMILES string of the molecule is CC(C)(C)c1ccc(N2B3c4oc5cc6c(cc5c4N(c4ccc5c(c4)C(C)(C)CCC5(C)C)c4cc5c(oc7ccccc75)c(c43)-c3cc4c(cc32)oc2ccccc24)C(C)(C)CCC6(C)C)cc1. The van der Waals surface area contributed by atoms with Crippen molar-refractivity contribution in [2.24, 2.45) is 0 Å². The van der Waals surface area contributed by atoms with Gasteiger partial charge in [-0.3, -0.25) is 0 Å². The second-order valence-electron chi connectivity index (χ2n) is 25.0. The number of anilines is 5. The first-order valence-corrected chi connectivity index (χ1v) is 25.7. The molecule has 0 fully saturated rings. The Bertz CT molecular complexity index is 3900. The van der Waals surface area contributed by atoms with Crippen LogP contribution in [0.4, 0.5) is 28.4 Å². The van der Waals surface area contributed by atoms with Crippen LogP contribution in [0, 0.1) is 0 Å². The van der Waals surface area contributed by atoms with Crippen molar-refractivity contribution in [2.45, 2.75) is 129 Å². The van der Waals surface area contributed by atoms with E-state index in [1.165, 1.54) is 33.3 Å². The van der Waals surface area contributed by atoms with Crippen LogP contribution in [-0.4, -0.2) is 6.85 Å². The van der Waals surface area contributed by atoms with Crippen molar-refractivity contribution in [1.82, 2.24) is 0 Å². The van der Waals surface area contributed by atoms with Crippen molar-refractivity contribution >= 4 is 101 Å². The van der Waals surface area contributed by atoms with Gasteiger partial charge in [-0.05, 0) is 147 Å². The molecule has 2 aliphatic carbocycles. The summed E-state index contributed by atoms with van der Waals surface area (Å²) in [5, 5.41) is 5.56. The Morgan fingerprint density at radius 1 is 0.471 bits per heavy atom. The van der Waals surface area contributed by atoms with E-state index in [1.54, 1.807) is 0 Å².